The summed E-state index contributed by atoms with van der Waals surface area (Å²) in [5.74, 6) is -0.180. The first-order valence-electron chi connectivity index (χ1n) is 4.68. The van der Waals surface area contributed by atoms with Gasteiger partial charge in [0.15, 0.2) is 4.67 Å². The Kier molecular flexibility index (Phi) is 3.36. The number of nitrogens with one attached hydrogen (secondary N) is 1. The topological polar surface area (TPSA) is 55.1 Å². The van der Waals surface area contributed by atoms with E-state index in [2.05, 4.69) is 26.2 Å². The van der Waals surface area contributed by atoms with Gasteiger partial charge in [-0.05, 0) is 28.1 Å². The molecule has 5 heteroatoms. The normalized spacial score (nSPS) is 10.1. The summed E-state index contributed by atoms with van der Waals surface area (Å²) in [6.07, 6.45) is 3.09. The van der Waals surface area contributed by atoms with E-state index in [0.717, 1.165) is 5.69 Å². The minimum absolute atomic E-state index is 0.180. The molecule has 0 aliphatic rings. The Morgan fingerprint density at radius 2 is 2.38 bits per heavy atom. The van der Waals surface area contributed by atoms with Crippen molar-refractivity contribution in [1.82, 2.24) is 10.3 Å². The van der Waals surface area contributed by atoms with E-state index in [9.17, 15) is 4.79 Å². The summed E-state index contributed by atoms with van der Waals surface area (Å²) in [5.41, 5.74) is 1.31. The molecule has 0 fully saturated rings. The van der Waals surface area contributed by atoms with Crippen molar-refractivity contribution in [3.8, 4) is 0 Å². The molecule has 0 spiro atoms. The average Bonchev–Trinajstić information content (AvgIpc) is 2.74. The fraction of sp³-hybridized carbons (Fsp3) is 0.0909. The smallest absolute Gasteiger partial charge is 0.254 e. The van der Waals surface area contributed by atoms with Crippen molar-refractivity contribution in [2.24, 2.45) is 0 Å². The summed E-state index contributed by atoms with van der Waals surface area (Å²) in [6.45, 7) is 0.405. The van der Waals surface area contributed by atoms with Crippen LogP contribution in [0.15, 0.2) is 45.8 Å². The van der Waals surface area contributed by atoms with Crippen LogP contribution in [0, 0.1) is 0 Å². The lowest BCUT2D eigenvalue weighted by atomic mass is 10.3. The van der Waals surface area contributed by atoms with Gasteiger partial charge >= 0.3 is 0 Å². The second-order valence-electron chi connectivity index (χ2n) is 3.14. The number of furan rings is 1. The van der Waals surface area contributed by atoms with Gasteiger partial charge in [-0.25, -0.2) is 0 Å². The molecule has 2 aromatic heterocycles. The van der Waals surface area contributed by atoms with Crippen LogP contribution in [-0.4, -0.2) is 10.9 Å². The van der Waals surface area contributed by atoms with Crippen LogP contribution in [0.3, 0.4) is 0 Å². The van der Waals surface area contributed by atoms with Crippen LogP contribution in [0.1, 0.15) is 16.1 Å². The van der Waals surface area contributed by atoms with Gasteiger partial charge in [0, 0.05) is 12.3 Å². The summed E-state index contributed by atoms with van der Waals surface area (Å²) in [4.78, 5) is 15.7. The highest BCUT2D eigenvalue weighted by atomic mass is 79.9. The van der Waals surface area contributed by atoms with E-state index in [1.807, 2.05) is 18.2 Å². The van der Waals surface area contributed by atoms with E-state index in [1.54, 1.807) is 12.3 Å². The summed E-state index contributed by atoms with van der Waals surface area (Å²) in [6, 6.07) is 7.18. The number of nitrogens with zero attached hydrogens (tertiary/aromatic N) is 1. The number of hydrogen-bond donors (Lipinski definition) is 1. The second-order valence-corrected chi connectivity index (χ2v) is 3.92. The second kappa shape index (κ2) is 4.94. The molecule has 0 aliphatic heterocycles. The van der Waals surface area contributed by atoms with Gasteiger partial charge in [-0.15, -0.1) is 0 Å². The fourth-order valence-electron chi connectivity index (χ4n) is 1.20. The summed E-state index contributed by atoms with van der Waals surface area (Å²) < 4.78 is 5.52. The minimum atomic E-state index is -0.180. The first-order chi connectivity index (χ1) is 7.75. The highest BCUT2D eigenvalue weighted by Crippen LogP contribution is 2.13. The highest BCUT2D eigenvalue weighted by molar-refractivity contribution is 9.10. The Hall–Kier alpha value is -1.62. The van der Waals surface area contributed by atoms with Gasteiger partial charge < -0.3 is 9.73 Å². The van der Waals surface area contributed by atoms with Crippen LogP contribution >= 0.6 is 15.9 Å². The largest absolute Gasteiger partial charge is 0.457 e. The van der Waals surface area contributed by atoms with Gasteiger partial charge in [0.1, 0.15) is 6.26 Å². The number of carbonyl (C=O) groups excluding carboxylic acids is 1. The Morgan fingerprint density at radius 1 is 1.50 bits per heavy atom. The molecule has 0 saturated heterocycles. The number of aromatic nitrogens is 1. The van der Waals surface area contributed by atoms with Crippen molar-refractivity contribution in [3.05, 3.63) is 52.7 Å². The maximum atomic E-state index is 11.6. The lowest BCUT2D eigenvalue weighted by Gasteiger charge is -2.01. The fourth-order valence-corrected chi connectivity index (χ4v) is 1.54. The molecular weight excluding hydrogens is 272 g/mol. The van der Waals surface area contributed by atoms with E-state index < -0.39 is 0 Å². The van der Waals surface area contributed by atoms with Crippen molar-refractivity contribution < 1.29 is 9.21 Å². The van der Waals surface area contributed by atoms with Crippen LogP contribution in [0.5, 0.6) is 0 Å². The van der Waals surface area contributed by atoms with E-state index in [0.29, 0.717) is 16.8 Å². The van der Waals surface area contributed by atoms with Crippen molar-refractivity contribution in [1.29, 1.82) is 0 Å². The van der Waals surface area contributed by atoms with Crippen molar-refractivity contribution in [3.63, 3.8) is 0 Å². The van der Waals surface area contributed by atoms with Gasteiger partial charge in [-0.1, -0.05) is 6.07 Å². The maximum absolute atomic E-state index is 11.6. The summed E-state index contributed by atoms with van der Waals surface area (Å²) in [7, 11) is 0. The molecule has 0 bridgehead atoms. The summed E-state index contributed by atoms with van der Waals surface area (Å²) in [5, 5.41) is 2.75. The number of carbonyl (C=O) groups is 1. The Balaban J connectivity index is 1.94. The molecule has 2 heterocycles. The average molecular weight is 281 g/mol. The van der Waals surface area contributed by atoms with Crippen LogP contribution in [0.25, 0.3) is 0 Å². The predicted molar refractivity (Wildman–Crippen MR) is 61.8 cm³/mol. The molecule has 1 N–H and O–H groups in total. The van der Waals surface area contributed by atoms with Crippen LogP contribution in [0.2, 0.25) is 0 Å². The summed E-state index contributed by atoms with van der Waals surface area (Å²) >= 11 is 3.14. The maximum Gasteiger partial charge on any atom is 0.254 e. The highest BCUT2D eigenvalue weighted by Gasteiger charge is 2.08. The molecule has 0 radical (unpaired) electrons. The number of rotatable bonds is 3. The lowest BCUT2D eigenvalue weighted by Crippen LogP contribution is -2.22. The minimum Gasteiger partial charge on any atom is -0.457 e. The van der Waals surface area contributed by atoms with E-state index >= 15 is 0 Å². The number of pyridine rings is 1. The molecule has 2 aromatic rings. The van der Waals surface area contributed by atoms with Crippen molar-refractivity contribution >= 4 is 21.8 Å². The van der Waals surface area contributed by atoms with Crippen molar-refractivity contribution in [2.75, 3.05) is 0 Å². The Labute approximate surface area is 101 Å². The lowest BCUT2D eigenvalue weighted by molar-refractivity contribution is 0.0950. The standard InChI is InChI=1S/C11H9BrN2O2/c12-10-5-8(7-16-10)11(15)14-6-9-3-1-2-4-13-9/h1-5,7H,6H2,(H,14,15). The molecule has 4 nitrogen and oxygen atoms in total. The zero-order chi connectivity index (χ0) is 11.4. The van der Waals surface area contributed by atoms with Gasteiger partial charge in [-0.3, -0.25) is 9.78 Å². The number of hydrogen-bond acceptors (Lipinski definition) is 3. The van der Waals surface area contributed by atoms with Gasteiger partial charge in [0.25, 0.3) is 5.91 Å². The zero-order valence-electron chi connectivity index (χ0n) is 8.31. The van der Waals surface area contributed by atoms with E-state index in [1.165, 1.54) is 6.26 Å². The third-order valence-electron chi connectivity index (χ3n) is 1.99. The van der Waals surface area contributed by atoms with E-state index in [-0.39, 0.29) is 5.91 Å². The molecule has 16 heavy (non-hydrogen) atoms. The number of amides is 1. The number of halogens is 1. The van der Waals surface area contributed by atoms with Gasteiger partial charge in [-0.2, -0.15) is 0 Å². The molecule has 0 atom stereocenters. The first-order valence-corrected chi connectivity index (χ1v) is 5.47. The molecule has 0 aliphatic carbocycles. The van der Waals surface area contributed by atoms with Crippen molar-refractivity contribution in [2.45, 2.75) is 6.54 Å². The van der Waals surface area contributed by atoms with Gasteiger partial charge in [0.05, 0.1) is 17.8 Å². The molecule has 1 amide bonds. The molecule has 82 valence electrons. The molecule has 0 unspecified atom stereocenters. The Morgan fingerprint density at radius 3 is 3.00 bits per heavy atom. The Bertz CT molecular complexity index is 482. The van der Waals surface area contributed by atoms with E-state index in [4.69, 9.17) is 4.42 Å². The molecular formula is C11H9BrN2O2. The van der Waals surface area contributed by atoms with Crippen LogP contribution < -0.4 is 5.32 Å². The van der Waals surface area contributed by atoms with Crippen LogP contribution in [-0.2, 0) is 6.54 Å². The third-order valence-corrected chi connectivity index (χ3v) is 2.40. The quantitative estimate of drug-likeness (QED) is 0.939. The zero-order valence-corrected chi connectivity index (χ0v) is 9.90. The van der Waals surface area contributed by atoms with Gasteiger partial charge in [0.2, 0.25) is 0 Å². The molecule has 0 aromatic carbocycles. The molecule has 0 saturated carbocycles. The predicted octanol–water partition coefficient (Wildman–Crippen LogP) is 2.37. The molecule has 2 rings (SSSR count). The monoisotopic (exact) mass is 280 g/mol. The van der Waals surface area contributed by atoms with Crippen LogP contribution in [0.4, 0.5) is 0 Å². The first kappa shape index (κ1) is 10.9. The third kappa shape index (κ3) is 2.70. The SMILES string of the molecule is O=C(NCc1ccccn1)c1coc(Br)c1.